The van der Waals surface area contributed by atoms with Crippen LogP contribution in [0.3, 0.4) is 0 Å². The molecule has 2 amide bonds. The zero-order valence-electron chi connectivity index (χ0n) is 13.3. The molecule has 0 bridgehead atoms. The number of imide groups is 1. The molecule has 0 aromatic carbocycles. The lowest BCUT2D eigenvalue weighted by atomic mass is 10.3. The van der Waals surface area contributed by atoms with Crippen LogP contribution in [0.1, 0.15) is 34.1 Å². The van der Waals surface area contributed by atoms with Gasteiger partial charge in [-0.3, -0.25) is 14.5 Å². The van der Waals surface area contributed by atoms with E-state index in [1.807, 2.05) is 20.8 Å². The lowest BCUT2D eigenvalue weighted by molar-refractivity contribution is -0.137. The molecular formula is C14H25NO5Si. The fraction of sp³-hybridized carbons (Fsp3) is 0.714. The molecule has 0 atom stereocenters. The average Bonchev–Trinajstić information content (AvgIpc) is 2.66. The molecule has 1 rings (SSSR count). The Bertz CT molecular complexity index is 393. The maximum Gasteiger partial charge on any atom is 0.500 e. The Balaban J connectivity index is 2.57. The lowest BCUT2D eigenvalue weighted by Crippen LogP contribution is -2.46. The minimum atomic E-state index is -2.69. The van der Waals surface area contributed by atoms with Gasteiger partial charge in [-0.2, -0.15) is 0 Å². The van der Waals surface area contributed by atoms with Crippen molar-refractivity contribution in [2.45, 2.75) is 40.2 Å². The Morgan fingerprint density at radius 3 is 1.95 bits per heavy atom. The molecule has 0 aliphatic carbocycles. The first-order valence-corrected chi connectivity index (χ1v) is 9.38. The second-order valence-electron chi connectivity index (χ2n) is 4.71. The molecule has 0 aromatic heterocycles. The van der Waals surface area contributed by atoms with Crippen LogP contribution in [0.2, 0.25) is 6.04 Å². The summed E-state index contributed by atoms with van der Waals surface area (Å²) in [6.45, 7) is 9.30. The minimum Gasteiger partial charge on any atom is -0.374 e. The van der Waals surface area contributed by atoms with E-state index in [0.29, 0.717) is 44.4 Å². The van der Waals surface area contributed by atoms with E-state index in [1.54, 1.807) is 6.92 Å². The molecular weight excluding hydrogens is 290 g/mol. The standard InChI is InChI=1S/C14H25NO5Si/c1-5-18-21(19-6-2,20-7-3)10-8-9-15-13(16)11-12(4)14(15)17/h11H,5-10H2,1-4H3. The summed E-state index contributed by atoms with van der Waals surface area (Å²) in [5.41, 5.74) is 0.489. The number of nitrogens with zero attached hydrogens (tertiary/aromatic N) is 1. The SMILES string of the molecule is CCO[Si](CCCN1C(=O)C=C(C)C1=O)(OCC)OCC. The summed E-state index contributed by atoms with van der Waals surface area (Å²) in [5, 5.41) is 0. The molecule has 0 saturated carbocycles. The molecule has 120 valence electrons. The van der Waals surface area contributed by atoms with Crippen LogP contribution >= 0.6 is 0 Å². The number of carbonyl (C=O) groups excluding carboxylic acids is 2. The van der Waals surface area contributed by atoms with E-state index in [9.17, 15) is 9.59 Å². The van der Waals surface area contributed by atoms with Crippen LogP contribution in [0.25, 0.3) is 0 Å². The van der Waals surface area contributed by atoms with E-state index in [4.69, 9.17) is 13.3 Å². The van der Waals surface area contributed by atoms with Crippen LogP contribution in [0.4, 0.5) is 0 Å². The van der Waals surface area contributed by atoms with E-state index in [-0.39, 0.29) is 11.8 Å². The molecule has 0 radical (unpaired) electrons. The van der Waals surface area contributed by atoms with Crippen LogP contribution in [-0.2, 0) is 22.9 Å². The van der Waals surface area contributed by atoms with Crippen molar-refractivity contribution in [3.05, 3.63) is 11.6 Å². The Morgan fingerprint density at radius 2 is 1.57 bits per heavy atom. The normalized spacial score (nSPS) is 15.8. The van der Waals surface area contributed by atoms with Crippen LogP contribution in [0.15, 0.2) is 11.6 Å². The summed E-state index contributed by atoms with van der Waals surface area (Å²) in [7, 11) is -2.69. The Kier molecular flexibility index (Phi) is 7.23. The molecule has 21 heavy (non-hydrogen) atoms. The maximum absolute atomic E-state index is 11.8. The Morgan fingerprint density at radius 1 is 1.05 bits per heavy atom. The van der Waals surface area contributed by atoms with Crippen molar-refractivity contribution >= 4 is 20.6 Å². The molecule has 0 saturated heterocycles. The first-order chi connectivity index (χ1) is 9.99. The van der Waals surface area contributed by atoms with E-state index >= 15 is 0 Å². The largest absolute Gasteiger partial charge is 0.500 e. The molecule has 0 unspecified atom stereocenters. The van der Waals surface area contributed by atoms with Crippen molar-refractivity contribution in [2.75, 3.05) is 26.4 Å². The second-order valence-corrected chi connectivity index (χ2v) is 7.44. The van der Waals surface area contributed by atoms with Crippen LogP contribution in [0.5, 0.6) is 0 Å². The molecule has 6 nitrogen and oxygen atoms in total. The van der Waals surface area contributed by atoms with Crippen molar-refractivity contribution in [3.8, 4) is 0 Å². The van der Waals surface area contributed by atoms with Gasteiger partial charge in [-0.15, -0.1) is 0 Å². The van der Waals surface area contributed by atoms with E-state index in [2.05, 4.69) is 0 Å². The van der Waals surface area contributed by atoms with Crippen molar-refractivity contribution < 1.29 is 22.9 Å². The van der Waals surface area contributed by atoms with Crippen molar-refractivity contribution in [3.63, 3.8) is 0 Å². The predicted molar refractivity (Wildman–Crippen MR) is 80.5 cm³/mol. The molecule has 0 N–H and O–H groups in total. The Labute approximate surface area is 127 Å². The second kappa shape index (κ2) is 8.43. The molecule has 1 aliphatic heterocycles. The van der Waals surface area contributed by atoms with Gasteiger partial charge in [-0.05, 0) is 34.1 Å². The summed E-state index contributed by atoms with van der Waals surface area (Å²) < 4.78 is 17.2. The molecule has 7 heteroatoms. The van der Waals surface area contributed by atoms with Gasteiger partial charge in [0.2, 0.25) is 0 Å². The van der Waals surface area contributed by atoms with Gasteiger partial charge < -0.3 is 13.3 Å². The van der Waals surface area contributed by atoms with Gasteiger partial charge >= 0.3 is 8.80 Å². The third kappa shape index (κ3) is 4.74. The monoisotopic (exact) mass is 315 g/mol. The predicted octanol–water partition coefficient (Wildman–Crippen LogP) is 1.74. The maximum atomic E-state index is 11.8. The van der Waals surface area contributed by atoms with Gasteiger partial charge in [0.05, 0.1) is 0 Å². The smallest absolute Gasteiger partial charge is 0.374 e. The third-order valence-electron chi connectivity index (χ3n) is 3.15. The van der Waals surface area contributed by atoms with Crippen LogP contribution < -0.4 is 0 Å². The van der Waals surface area contributed by atoms with E-state index in [1.165, 1.54) is 11.0 Å². The number of carbonyl (C=O) groups is 2. The summed E-state index contributed by atoms with van der Waals surface area (Å²) in [6.07, 6.45) is 1.99. The zero-order valence-corrected chi connectivity index (χ0v) is 14.3. The first kappa shape index (κ1) is 18.0. The average molecular weight is 315 g/mol. The lowest BCUT2D eigenvalue weighted by Gasteiger charge is -2.29. The fourth-order valence-corrected chi connectivity index (χ4v) is 4.90. The highest BCUT2D eigenvalue weighted by molar-refractivity contribution is 6.60. The van der Waals surface area contributed by atoms with E-state index in [0.717, 1.165) is 0 Å². The van der Waals surface area contributed by atoms with Crippen molar-refractivity contribution in [2.24, 2.45) is 0 Å². The Hall–Kier alpha value is -1.02. The summed E-state index contributed by atoms with van der Waals surface area (Å²) in [6, 6.07) is 0.596. The quantitative estimate of drug-likeness (QED) is 0.454. The molecule has 1 heterocycles. The molecule has 0 aromatic rings. The summed E-state index contributed by atoms with van der Waals surface area (Å²) in [5.74, 6) is -0.453. The van der Waals surface area contributed by atoms with Gasteiger partial charge in [0, 0.05) is 44.1 Å². The van der Waals surface area contributed by atoms with Gasteiger partial charge in [0.25, 0.3) is 11.8 Å². The third-order valence-corrected chi connectivity index (χ3v) is 6.30. The number of hydrogen-bond acceptors (Lipinski definition) is 5. The van der Waals surface area contributed by atoms with Crippen molar-refractivity contribution in [1.82, 2.24) is 4.90 Å². The number of rotatable bonds is 10. The van der Waals surface area contributed by atoms with Crippen molar-refractivity contribution in [1.29, 1.82) is 0 Å². The fourth-order valence-electron chi connectivity index (χ4n) is 2.30. The molecule has 0 fully saturated rings. The number of hydrogen-bond donors (Lipinski definition) is 0. The highest BCUT2D eigenvalue weighted by Crippen LogP contribution is 2.20. The highest BCUT2D eigenvalue weighted by atomic mass is 28.4. The van der Waals surface area contributed by atoms with E-state index < -0.39 is 8.80 Å². The zero-order chi connectivity index (χ0) is 15.9. The first-order valence-electron chi connectivity index (χ1n) is 7.45. The number of amides is 2. The summed E-state index contributed by atoms with van der Waals surface area (Å²) >= 11 is 0. The summed E-state index contributed by atoms with van der Waals surface area (Å²) in [4.78, 5) is 24.7. The van der Waals surface area contributed by atoms with Gasteiger partial charge in [0.1, 0.15) is 0 Å². The van der Waals surface area contributed by atoms with Gasteiger partial charge in [0.15, 0.2) is 0 Å². The minimum absolute atomic E-state index is 0.212. The molecule has 0 spiro atoms. The van der Waals surface area contributed by atoms with Gasteiger partial charge in [-0.1, -0.05) is 0 Å². The van der Waals surface area contributed by atoms with Crippen LogP contribution in [0, 0.1) is 0 Å². The van der Waals surface area contributed by atoms with Crippen LogP contribution in [-0.4, -0.2) is 51.9 Å². The highest BCUT2D eigenvalue weighted by Gasteiger charge is 2.40. The van der Waals surface area contributed by atoms with Gasteiger partial charge in [-0.25, -0.2) is 0 Å². The topological polar surface area (TPSA) is 65.1 Å². The molecule has 1 aliphatic rings.